The van der Waals surface area contributed by atoms with Crippen LogP contribution in [0.2, 0.25) is 0 Å². The summed E-state index contributed by atoms with van der Waals surface area (Å²) in [4.78, 5) is 15.7. The largest absolute Gasteiger partial charge is 0.497 e. The Bertz CT molecular complexity index is 958. The minimum atomic E-state index is -0.919. The van der Waals surface area contributed by atoms with Crippen molar-refractivity contribution in [2.45, 2.75) is 25.7 Å². The summed E-state index contributed by atoms with van der Waals surface area (Å²) in [6.07, 6.45) is -0.207. The maximum Gasteiger partial charge on any atom is 0.219 e. The van der Waals surface area contributed by atoms with E-state index in [1.165, 1.54) is 0 Å². The van der Waals surface area contributed by atoms with Gasteiger partial charge >= 0.3 is 0 Å². The summed E-state index contributed by atoms with van der Waals surface area (Å²) in [6, 6.07) is 13.6. The van der Waals surface area contributed by atoms with Crippen LogP contribution in [0.5, 0.6) is 17.2 Å². The monoisotopic (exact) mass is 456 g/mol. The van der Waals surface area contributed by atoms with Gasteiger partial charge in [-0.25, -0.2) is 0 Å². The van der Waals surface area contributed by atoms with Crippen LogP contribution in [0, 0.1) is 0 Å². The molecule has 2 unspecified atom stereocenters. The molecular weight excluding hydrogens is 424 g/mol. The molecule has 2 saturated heterocycles. The van der Waals surface area contributed by atoms with Gasteiger partial charge in [-0.15, -0.1) is 0 Å². The van der Waals surface area contributed by atoms with Gasteiger partial charge in [-0.2, -0.15) is 0 Å². The average molecular weight is 457 g/mol. The first-order valence-electron chi connectivity index (χ1n) is 11.2. The standard InChI is InChI=1S/C25H32N2O6/c1-18(28)26-11-13-27(14-12-26)19-5-7-20(8-6-19)31-16-22-17-32-25(2,33-22)23-10-9-21(29-3)15-24(23)30-4/h5-10,15,22H,11-14,16-17H2,1-4H3. The lowest BCUT2D eigenvalue weighted by Crippen LogP contribution is -2.48. The molecule has 0 saturated carbocycles. The van der Waals surface area contributed by atoms with E-state index in [1.54, 1.807) is 21.1 Å². The second kappa shape index (κ2) is 9.89. The number of amides is 1. The van der Waals surface area contributed by atoms with E-state index in [9.17, 15) is 4.79 Å². The van der Waals surface area contributed by atoms with Crippen LogP contribution in [0.1, 0.15) is 19.4 Å². The lowest BCUT2D eigenvalue weighted by atomic mass is 10.1. The van der Waals surface area contributed by atoms with E-state index in [0.29, 0.717) is 24.7 Å². The molecule has 0 aliphatic carbocycles. The van der Waals surface area contributed by atoms with Gasteiger partial charge in [0.05, 0.1) is 26.4 Å². The number of hydrogen-bond acceptors (Lipinski definition) is 7. The molecule has 0 spiro atoms. The van der Waals surface area contributed by atoms with Crippen molar-refractivity contribution in [3.8, 4) is 17.2 Å². The lowest BCUT2D eigenvalue weighted by Gasteiger charge is -2.35. The van der Waals surface area contributed by atoms with E-state index in [4.69, 9.17) is 23.7 Å². The SMILES string of the molecule is COc1ccc(C2(C)OCC(COc3ccc(N4CCN(C(C)=O)CC4)cc3)O2)c(OC)c1. The first-order valence-corrected chi connectivity index (χ1v) is 11.2. The normalized spacial score (nSPS) is 22.8. The van der Waals surface area contributed by atoms with Crippen LogP contribution < -0.4 is 19.1 Å². The molecule has 0 N–H and O–H groups in total. The Morgan fingerprint density at radius 3 is 2.36 bits per heavy atom. The second-order valence-corrected chi connectivity index (χ2v) is 8.36. The number of hydrogen-bond donors (Lipinski definition) is 0. The molecule has 2 aliphatic rings. The minimum absolute atomic E-state index is 0.137. The molecule has 2 aromatic rings. The molecule has 2 aliphatic heterocycles. The van der Waals surface area contributed by atoms with Crippen LogP contribution in [0.3, 0.4) is 0 Å². The minimum Gasteiger partial charge on any atom is -0.497 e. The molecule has 8 heteroatoms. The second-order valence-electron chi connectivity index (χ2n) is 8.36. The van der Waals surface area contributed by atoms with Gasteiger partial charge in [0.15, 0.2) is 5.79 Å². The molecule has 178 valence electrons. The van der Waals surface area contributed by atoms with Crippen molar-refractivity contribution in [2.75, 3.05) is 58.5 Å². The fourth-order valence-electron chi connectivity index (χ4n) is 4.26. The predicted molar refractivity (Wildman–Crippen MR) is 124 cm³/mol. The van der Waals surface area contributed by atoms with Crippen molar-refractivity contribution < 1.29 is 28.5 Å². The quantitative estimate of drug-likeness (QED) is 0.634. The van der Waals surface area contributed by atoms with Crippen LogP contribution in [-0.2, 0) is 20.1 Å². The molecule has 0 bridgehead atoms. The van der Waals surface area contributed by atoms with Crippen LogP contribution >= 0.6 is 0 Å². The summed E-state index contributed by atoms with van der Waals surface area (Å²) >= 11 is 0. The highest BCUT2D eigenvalue weighted by atomic mass is 16.7. The van der Waals surface area contributed by atoms with E-state index in [0.717, 1.165) is 43.2 Å². The maximum atomic E-state index is 11.5. The molecule has 4 rings (SSSR count). The van der Waals surface area contributed by atoms with Crippen molar-refractivity contribution in [1.29, 1.82) is 0 Å². The number of carbonyl (C=O) groups is 1. The summed E-state index contributed by atoms with van der Waals surface area (Å²) in [5, 5.41) is 0. The first kappa shape index (κ1) is 23.2. The number of carbonyl (C=O) groups excluding carboxylic acids is 1. The number of benzene rings is 2. The zero-order valence-corrected chi connectivity index (χ0v) is 19.7. The van der Waals surface area contributed by atoms with Crippen LogP contribution in [0.25, 0.3) is 0 Å². The molecular formula is C25H32N2O6. The number of methoxy groups -OCH3 is 2. The Balaban J connectivity index is 1.31. The molecule has 2 fully saturated rings. The van der Waals surface area contributed by atoms with E-state index < -0.39 is 5.79 Å². The fourth-order valence-corrected chi connectivity index (χ4v) is 4.26. The highest BCUT2D eigenvalue weighted by Gasteiger charge is 2.41. The van der Waals surface area contributed by atoms with Gasteiger partial charge in [-0.1, -0.05) is 0 Å². The molecule has 0 aromatic heterocycles. The fraction of sp³-hybridized carbons (Fsp3) is 0.480. The molecule has 33 heavy (non-hydrogen) atoms. The number of piperazine rings is 1. The topological polar surface area (TPSA) is 69.7 Å². The van der Waals surface area contributed by atoms with Gasteiger partial charge in [-0.3, -0.25) is 4.79 Å². The molecule has 2 atom stereocenters. The summed E-state index contributed by atoms with van der Waals surface area (Å²) in [7, 11) is 3.23. The summed E-state index contributed by atoms with van der Waals surface area (Å²) in [5.74, 6) is 1.36. The zero-order chi connectivity index (χ0) is 23.4. The summed E-state index contributed by atoms with van der Waals surface area (Å²) in [5.41, 5.74) is 1.94. The van der Waals surface area contributed by atoms with Gasteiger partial charge in [0.1, 0.15) is 30.0 Å². The number of anilines is 1. The number of rotatable bonds is 7. The summed E-state index contributed by atoms with van der Waals surface area (Å²) in [6.45, 7) is 7.49. The maximum absolute atomic E-state index is 11.5. The van der Waals surface area contributed by atoms with E-state index in [1.807, 2.05) is 42.2 Å². The number of nitrogens with zero attached hydrogens (tertiary/aromatic N) is 2. The van der Waals surface area contributed by atoms with Gasteiger partial charge in [0.2, 0.25) is 5.91 Å². The van der Waals surface area contributed by atoms with Crippen LogP contribution in [0.15, 0.2) is 42.5 Å². The van der Waals surface area contributed by atoms with Crippen molar-refractivity contribution >= 4 is 11.6 Å². The van der Waals surface area contributed by atoms with Crippen LogP contribution in [0.4, 0.5) is 5.69 Å². The van der Waals surface area contributed by atoms with Crippen LogP contribution in [-0.4, -0.2) is 70.5 Å². The van der Waals surface area contributed by atoms with Gasteiger partial charge in [0.25, 0.3) is 0 Å². The predicted octanol–water partition coefficient (Wildman–Crippen LogP) is 3.04. The zero-order valence-electron chi connectivity index (χ0n) is 19.7. The lowest BCUT2D eigenvalue weighted by molar-refractivity contribution is -0.165. The number of ether oxygens (including phenoxy) is 5. The third-order valence-electron chi connectivity index (χ3n) is 6.20. The van der Waals surface area contributed by atoms with Gasteiger partial charge in [0, 0.05) is 44.9 Å². The molecule has 8 nitrogen and oxygen atoms in total. The molecule has 0 radical (unpaired) electrons. The smallest absolute Gasteiger partial charge is 0.219 e. The van der Waals surface area contributed by atoms with Gasteiger partial charge < -0.3 is 33.5 Å². The van der Waals surface area contributed by atoms with Crippen molar-refractivity contribution in [3.05, 3.63) is 48.0 Å². The molecule has 2 heterocycles. The van der Waals surface area contributed by atoms with Gasteiger partial charge in [-0.05, 0) is 43.3 Å². The van der Waals surface area contributed by atoms with Crippen molar-refractivity contribution in [2.24, 2.45) is 0 Å². The Morgan fingerprint density at radius 1 is 1.03 bits per heavy atom. The Hall–Kier alpha value is -2.97. The van der Waals surface area contributed by atoms with Crippen molar-refractivity contribution in [1.82, 2.24) is 4.90 Å². The third-order valence-corrected chi connectivity index (χ3v) is 6.20. The highest BCUT2D eigenvalue weighted by Crippen LogP contribution is 2.40. The molecule has 1 amide bonds. The average Bonchev–Trinajstić information content (AvgIpc) is 3.24. The Morgan fingerprint density at radius 2 is 1.73 bits per heavy atom. The highest BCUT2D eigenvalue weighted by molar-refractivity contribution is 5.73. The first-order chi connectivity index (χ1) is 15.9. The molecule has 2 aromatic carbocycles. The van der Waals surface area contributed by atoms with Crippen molar-refractivity contribution in [3.63, 3.8) is 0 Å². The Labute approximate surface area is 194 Å². The summed E-state index contributed by atoms with van der Waals surface area (Å²) < 4.78 is 29.0. The Kier molecular flexibility index (Phi) is 6.95. The van der Waals surface area contributed by atoms with E-state index in [2.05, 4.69) is 17.0 Å². The van der Waals surface area contributed by atoms with E-state index >= 15 is 0 Å². The third kappa shape index (κ3) is 5.17. The van der Waals surface area contributed by atoms with E-state index in [-0.39, 0.29) is 12.0 Å².